The Balaban J connectivity index is 1.96. The molecule has 0 atom stereocenters. The number of hydrogen-bond acceptors (Lipinski definition) is 5. The summed E-state index contributed by atoms with van der Waals surface area (Å²) < 4.78 is 0. The second-order valence-corrected chi connectivity index (χ2v) is 5.03. The lowest BCUT2D eigenvalue weighted by Crippen LogP contribution is -2.17. The number of carbonyl (C=O) groups is 2. The lowest BCUT2D eigenvalue weighted by atomic mass is 10.2. The Labute approximate surface area is 143 Å². The summed E-state index contributed by atoms with van der Waals surface area (Å²) in [5.74, 6) is -0.547. The van der Waals surface area contributed by atoms with E-state index in [1.54, 1.807) is 37.3 Å². The number of hydrazone groups is 1. The van der Waals surface area contributed by atoms with Crippen molar-refractivity contribution < 1.29 is 14.5 Å². The van der Waals surface area contributed by atoms with Gasteiger partial charge >= 0.3 is 0 Å². The zero-order chi connectivity index (χ0) is 18.2. The minimum Gasteiger partial charge on any atom is -0.326 e. The van der Waals surface area contributed by atoms with Crippen molar-refractivity contribution in [3.63, 3.8) is 0 Å². The molecule has 2 aromatic carbocycles. The maximum Gasteiger partial charge on any atom is 0.271 e. The smallest absolute Gasteiger partial charge is 0.271 e. The van der Waals surface area contributed by atoms with Crippen LogP contribution in [-0.4, -0.2) is 23.0 Å². The lowest BCUT2D eigenvalue weighted by molar-refractivity contribution is -0.384. The highest BCUT2D eigenvalue weighted by Crippen LogP contribution is 2.12. The molecule has 25 heavy (non-hydrogen) atoms. The summed E-state index contributed by atoms with van der Waals surface area (Å²) in [6.07, 6.45) is 1.69. The van der Waals surface area contributed by atoms with E-state index in [0.717, 1.165) is 0 Å². The normalized spacial score (nSPS) is 10.4. The predicted octanol–water partition coefficient (Wildman–Crippen LogP) is 2.71. The minimum absolute atomic E-state index is 0.0556. The Morgan fingerprint density at radius 1 is 1.20 bits per heavy atom. The summed E-state index contributed by atoms with van der Waals surface area (Å²) in [5.41, 5.74) is 3.74. The number of nitrogens with zero attached hydrogens (tertiary/aromatic N) is 2. The lowest BCUT2D eigenvalue weighted by Gasteiger charge is -2.04. The van der Waals surface area contributed by atoms with Gasteiger partial charge in [-0.05, 0) is 24.3 Å². The quantitative estimate of drug-likeness (QED) is 0.478. The zero-order valence-electron chi connectivity index (χ0n) is 13.4. The van der Waals surface area contributed by atoms with Gasteiger partial charge in [-0.1, -0.05) is 19.1 Å². The Morgan fingerprint density at radius 3 is 2.56 bits per heavy atom. The van der Waals surface area contributed by atoms with E-state index in [1.165, 1.54) is 24.4 Å². The standard InChI is InChI=1S/C17H16N4O4/c1-2-16(22)19-14-8-6-13(7-9-14)17(23)20-18-11-12-4-3-5-15(10-12)21(24)25/h3-11H,2H2,1H3,(H,19,22)(H,20,23)/b18-11+. The third-order valence-corrected chi connectivity index (χ3v) is 3.21. The van der Waals surface area contributed by atoms with Gasteiger partial charge in [-0.2, -0.15) is 5.10 Å². The molecule has 0 fully saturated rings. The van der Waals surface area contributed by atoms with Gasteiger partial charge in [-0.25, -0.2) is 5.43 Å². The number of nitrogens with one attached hydrogen (secondary N) is 2. The summed E-state index contributed by atoms with van der Waals surface area (Å²) in [4.78, 5) is 33.5. The van der Waals surface area contributed by atoms with E-state index in [-0.39, 0.29) is 11.6 Å². The summed E-state index contributed by atoms with van der Waals surface area (Å²) in [6.45, 7) is 1.75. The molecule has 2 amide bonds. The van der Waals surface area contributed by atoms with Crippen LogP contribution in [0.3, 0.4) is 0 Å². The number of amides is 2. The van der Waals surface area contributed by atoms with Gasteiger partial charge in [0, 0.05) is 35.4 Å². The number of benzene rings is 2. The van der Waals surface area contributed by atoms with Crippen molar-refractivity contribution in [3.8, 4) is 0 Å². The van der Waals surface area contributed by atoms with Crippen molar-refractivity contribution in [1.82, 2.24) is 5.43 Å². The summed E-state index contributed by atoms with van der Waals surface area (Å²) >= 11 is 0. The molecule has 128 valence electrons. The van der Waals surface area contributed by atoms with Crippen LogP contribution in [0.2, 0.25) is 0 Å². The monoisotopic (exact) mass is 340 g/mol. The molecule has 0 aromatic heterocycles. The number of nitro groups is 1. The second kappa shape index (κ2) is 8.34. The van der Waals surface area contributed by atoms with Gasteiger partial charge < -0.3 is 5.32 Å². The molecule has 0 aliphatic carbocycles. The number of rotatable bonds is 6. The topological polar surface area (TPSA) is 114 Å². The Kier molecular flexibility index (Phi) is 5.94. The molecule has 0 spiro atoms. The maximum absolute atomic E-state index is 12.0. The molecule has 0 radical (unpaired) electrons. The van der Waals surface area contributed by atoms with E-state index >= 15 is 0 Å². The third kappa shape index (κ3) is 5.24. The highest BCUT2D eigenvalue weighted by molar-refractivity contribution is 5.96. The first-order chi connectivity index (χ1) is 12.0. The number of hydrogen-bond donors (Lipinski definition) is 2. The molecular weight excluding hydrogens is 324 g/mol. The fraction of sp³-hybridized carbons (Fsp3) is 0.118. The van der Waals surface area contributed by atoms with Gasteiger partial charge in [-0.3, -0.25) is 19.7 Å². The Morgan fingerprint density at radius 2 is 1.92 bits per heavy atom. The van der Waals surface area contributed by atoms with Crippen LogP contribution in [0.25, 0.3) is 0 Å². The Bertz CT molecular complexity index is 816. The number of anilines is 1. The van der Waals surface area contributed by atoms with E-state index < -0.39 is 10.8 Å². The van der Waals surface area contributed by atoms with Crippen molar-refractivity contribution in [2.75, 3.05) is 5.32 Å². The summed E-state index contributed by atoms with van der Waals surface area (Å²) in [7, 11) is 0. The van der Waals surface area contributed by atoms with Crippen LogP contribution in [0.5, 0.6) is 0 Å². The fourth-order valence-electron chi connectivity index (χ4n) is 1.90. The molecule has 2 aromatic rings. The number of non-ortho nitro benzene ring substituents is 1. The molecule has 0 heterocycles. The van der Waals surface area contributed by atoms with Gasteiger partial charge in [0.15, 0.2) is 0 Å². The molecule has 2 N–H and O–H groups in total. The molecular formula is C17H16N4O4. The molecule has 0 aliphatic rings. The van der Waals surface area contributed by atoms with E-state index in [0.29, 0.717) is 23.2 Å². The van der Waals surface area contributed by atoms with Crippen LogP contribution in [0.1, 0.15) is 29.3 Å². The summed E-state index contributed by atoms with van der Waals surface area (Å²) in [5, 5.41) is 17.2. The maximum atomic E-state index is 12.0. The van der Waals surface area contributed by atoms with E-state index in [2.05, 4.69) is 15.8 Å². The highest BCUT2D eigenvalue weighted by Gasteiger charge is 2.06. The molecule has 0 saturated heterocycles. The van der Waals surface area contributed by atoms with E-state index in [4.69, 9.17) is 0 Å². The van der Waals surface area contributed by atoms with Crippen molar-refractivity contribution >= 4 is 29.4 Å². The third-order valence-electron chi connectivity index (χ3n) is 3.21. The predicted molar refractivity (Wildman–Crippen MR) is 93.5 cm³/mol. The summed E-state index contributed by atoms with van der Waals surface area (Å²) in [6, 6.07) is 12.2. The van der Waals surface area contributed by atoms with Crippen LogP contribution >= 0.6 is 0 Å². The first-order valence-electron chi connectivity index (χ1n) is 7.47. The van der Waals surface area contributed by atoms with Gasteiger partial charge in [0.05, 0.1) is 11.1 Å². The van der Waals surface area contributed by atoms with Gasteiger partial charge in [-0.15, -0.1) is 0 Å². The van der Waals surface area contributed by atoms with Crippen molar-refractivity contribution in [2.24, 2.45) is 5.10 Å². The molecule has 0 unspecified atom stereocenters. The van der Waals surface area contributed by atoms with Gasteiger partial charge in [0.1, 0.15) is 0 Å². The van der Waals surface area contributed by atoms with Crippen molar-refractivity contribution in [3.05, 3.63) is 69.8 Å². The average molecular weight is 340 g/mol. The SMILES string of the molecule is CCC(=O)Nc1ccc(C(=O)N/N=C/c2cccc([N+](=O)[O-])c2)cc1. The number of nitro benzene ring substituents is 1. The Hall–Kier alpha value is -3.55. The minimum atomic E-state index is -0.505. The fourth-order valence-corrected chi connectivity index (χ4v) is 1.90. The first kappa shape index (κ1) is 17.8. The molecule has 8 heteroatoms. The van der Waals surface area contributed by atoms with Crippen LogP contribution in [0, 0.1) is 10.1 Å². The first-order valence-corrected chi connectivity index (χ1v) is 7.47. The van der Waals surface area contributed by atoms with Crippen LogP contribution in [0.4, 0.5) is 11.4 Å². The van der Waals surface area contributed by atoms with Gasteiger partial charge in [0.25, 0.3) is 11.6 Å². The molecule has 0 bridgehead atoms. The van der Waals surface area contributed by atoms with Crippen molar-refractivity contribution in [1.29, 1.82) is 0 Å². The van der Waals surface area contributed by atoms with E-state index in [9.17, 15) is 19.7 Å². The largest absolute Gasteiger partial charge is 0.326 e. The van der Waals surface area contributed by atoms with Crippen molar-refractivity contribution in [2.45, 2.75) is 13.3 Å². The second-order valence-electron chi connectivity index (χ2n) is 5.03. The molecule has 2 rings (SSSR count). The molecule has 0 aliphatic heterocycles. The highest BCUT2D eigenvalue weighted by atomic mass is 16.6. The van der Waals surface area contributed by atoms with Crippen LogP contribution < -0.4 is 10.7 Å². The van der Waals surface area contributed by atoms with Crippen LogP contribution in [0.15, 0.2) is 53.6 Å². The number of carbonyl (C=O) groups excluding carboxylic acids is 2. The molecule has 0 saturated carbocycles. The van der Waals surface area contributed by atoms with Crippen LogP contribution in [-0.2, 0) is 4.79 Å². The average Bonchev–Trinajstić information content (AvgIpc) is 2.62. The van der Waals surface area contributed by atoms with E-state index in [1.807, 2.05) is 0 Å². The molecule has 8 nitrogen and oxygen atoms in total. The van der Waals surface area contributed by atoms with Gasteiger partial charge in [0.2, 0.25) is 5.91 Å². The zero-order valence-corrected chi connectivity index (χ0v) is 13.4.